The zero-order chi connectivity index (χ0) is 9.26. The van der Waals surface area contributed by atoms with E-state index in [1.54, 1.807) is 6.92 Å². The minimum Gasteiger partial charge on any atom is -0.372 e. The Labute approximate surface area is 78.9 Å². The third-order valence-corrected chi connectivity index (χ3v) is 2.64. The molecule has 1 aliphatic rings. The molecular weight excluding hydrogens is 190 g/mol. The number of nitrogens with one attached hydrogen (secondary N) is 1. The highest BCUT2D eigenvalue weighted by Crippen LogP contribution is 2.19. The van der Waals surface area contributed by atoms with Crippen LogP contribution < -0.4 is 5.56 Å². The minimum atomic E-state index is -0.172. The lowest BCUT2D eigenvalue weighted by Gasteiger charge is -1.96. The van der Waals surface area contributed by atoms with E-state index in [1.807, 2.05) is 0 Å². The Kier molecular flexibility index (Phi) is 2.32. The summed E-state index contributed by atoms with van der Waals surface area (Å²) < 4.78 is 5.02. The quantitative estimate of drug-likeness (QED) is 0.546. The molecule has 0 radical (unpaired) electrons. The van der Waals surface area contributed by atoms with Crippen LogP contribution in [0.4, 0.5) is 0 Å². The number of aromatic amines is 1. The molecule has 1 aromatic rings. The molecule has 0 bridgehead atoms. The van der Waals surface area contributed by atoms with Crippen LogP contribution in [0.15, 0.2) is 9.95 Å². The van der Waals surface area contributed by atoms with Crippen molar-refractivity contribution < 1.29 is 4.74 Å². The van der Waals surface area contributed by atoms with Gasteiger partial charge in [-0.05, 0) is 6.92 Å². The molecule has 6 heteroatoms. The maximum absolute atomic E-state index is 11.1. The van der Waals surface area contributed by atoms with Gasteiger partial charge >= 0.3 is 0 Å². The standard InChI is InChI=1S/C7H9N3O2S/c1-4-6(11)8-7(10-9-4)13-3-5-2-12-5/h5H,2-3H2,1H3,(H,8,10,11). The highest BCUT2D eigenvalue weighted by atomic mass is 32.2. The van der Waals surface area contributed by atoms with Crippen molar-refractivity contribution in [1.29, 1.82) is 0 Å². The monoisotopic (exact) mass is 199 g/mol. The number of rotatable bonds is 3. The summed E-state index contributed by atoms with van der Waals surface area (Å²) in [4.78, 5) is 13.7. The average molecular weight is 199 g/mol. The van der Waals surface area contributed by atoms with Gasteiger partial charge in [-0.25, -0.2) is 0 Å². The molecule has 0 spiro atoms. The molecule has 0 amide bonds. The molecule has 1 saturated heterocycles. The summed E-state index contributed by atoms with van der Waals surface area (Å²) in [6.07, 6.45) is 0.330. The van der Waals surface area contributed by atoms with Crippen LogP contribution in [0.2, 0.25) is 0 Å². The minimum absolute atomic E-state index is 0.172. The maximum atomic E-state index is 11.1. The zero-order valence-corrected chi connectivity index (χ0v) is 7.93. The number of hydrogen-bond donors (Lipinski definition) is 1. The van der Waals surface area contributed by atoms with Gasteiger partial charge in [0.2, 0.25) is 0 Å². The van der Waals surface area contributed by atoms with Crippen LogP contribution in [-0.2, 0) is 4.74 Å². The Morgan fingerprint density at radius 1 is 1.69 bits per heavy atom. The lowest BCUT2D eigenvalue weighted by molar-refractivity contribution is 0.426. The normalized spacial score (nSPS) is 20.2. The second kappa shape index (κ2) is 3.47. The Balaban J connectivity index is 2.03. The molecule has 1 aliphatic heterocycles. The average Bonchev–Trinajstić information content (AvgIpc) is 2.91. The van der Waals surface area contributed by atoms with Gasteiger partial charge in [0, 0.05) is 5.75 Å². The van der Waals surface area contributed by atoms with Gasteiger partial charge in [0.05, 0.1) is 12.7 Å². The molecule has 1 unspecified atom stereocenters. The van der Waals surface area contributed by atoms with Gasteiger partial charge in [-0.3, -0.25) is 9.78 Å². The number of nitrogens with zero attached hydrogens (tertiary/aromatic N) is 2. The molecular formula is C7H9N3O2S. The van der Waals surface area contributed by atoms with E-state index in [0.29, 0.717) is 17.0 Å². The summed E-state index contributed by atoms with van der Waals surface area (Å²) in [7, 11) is 0. The predicted molar refractivity (Wildman–Crippen MR) is 47.9 cm³/mol. The van der Waals surface area contributed by atoms with E-state index < -0.39 is 0 Å². The third-order valence-electron chi connectivity index (χ3n) is 1.65. The fourth-order valence-electron chi connectivity index (χ4n) is 0.779. The number of aryl methyl sites for hydroxylation is 1. The number of epoxide rings is 1. The lowest BCUT2D eigenvalue weighted by atomic mass is 10.5. The van der Waals surface area contributed by atoms with Crippen molar-refractivity contribution in [3.05, 3.63) is 16.0 Å². The summed E-state index contributed by atoms with van der Waals surface area (Å²) in [5, 5.41) is 8.12. The number of H-pyrrole nitrogens is 1. The van der Waals surface area contributed by atoms with Crippen molar-refractivity contribution in [2.75, 3.05) is 12.4 Å². The topological polar surface area (TPSA) is 71.2 Å². The summed E-state index contributed by atoms with van der Waals surface area (Å²) in [5.74, 6) is 0.827. The molecule has 1 atom stereocenters. The SMILES string of the molecule is Cc1nnc(SCC2CO2)[nH]c1=O. The second-order valence-electron chi connectivity index (χ2n) is 2.81. The number of thioether (sulfide) groups is 1. The Morgan fingerprint density at radius 3 is 3.08 bits per heavy atom. The van der Waals surface area contributed by atoms with E-state index in [0.717, 1.165) is 12.4 Å². The molecule has 2 heterocycles. The highest BCUT2D eigenvalue weighted by molar-refractivity contribution is 7.99. The Morgan fingerprint density at radius 2 is 2.46 bits per heavy atom. The number of ether oxygens (including phenoxy) is 1. The third kappa shape index (κ3) is 2.28. The fraction of sp³-hybridized carbons (Fsp3) is 0.571. The van der Waals surface area contributed by atoms with Crippen molar-refractivity contribution in [3.8, 4) is 0 Å². The lowest BCUT2D eigenvalue weighted by Crippen LogP contribution is -2.14. The van der Waals surface area contributed by atoms with Crippen LogP contribution in [0.25, 0.3) is 0 Å². The van der Waals surface area contributed by atoms with E-state index in [2.05, 4.69) is 15.2 Å². The first-order chi connectivity index (χ1) is 6.25. The summed E-state index contributed by atoms with van der Waals surface area (Å²) in [6.45, 7) is 2.45. The van der Waals surface area contributed by atoms with Crippen molar-refractivity contribution in [2.45, 2.75) is 18.2 Å². The number of hydrogen-bond acceptors (Lipinski definition) is 5. The van der Waals surface area contributed by atoms with Gasteiger partial charge in [0.1, 0.15) is 5.69 Å². The van der Waals surface area contributed by atoms with Gasteiger partial charge in [-0.15, -0.1) is 10.2 Å². The first kappa shape index (κ1) is 8.71. The molecule has 1 fully saturated rings. The smallest absolute Gasteiger partial charge is 0.273 e. The van der Waals surface area contributed by atoms with Gasteiger partial charge in [0.15, 0.2) is 5.16 Å². The number of aromatic nitrogens is 3. The van der Waals surface area contributed by atoms with Crippen LogP contribution >= 0.6 is 11.8 Å². The Bertz CT molecular complexity index is 361. The fourth-order valence-corrected chi connectivity index (χ4v) is 1.58. The molecule has 70 valence electrons. The van der Waals surface area contributed by atoms with E-state index in [-0.39, 0.29) is 5.56 Å². The molecule has 1 N–H and O–H groups in total. The molecule has 0 aromatic carbocycles. The summed E-state index contributed by atoms with van der Waals surface area (Å²) >= 11 is 1.46. The van der Waals surface area contributed by atoms with Gasteiger partial charge in [-0.2, -0.15) is 0 Å². The first-order valence-corrected chi connectivity index (χ1v) is 4.92. The van der Waals surface area contributed by atoms with E-state index >= 15 is 0 Å². The van der Waals surface area contributed by atoms with E-state index in [9.17, 15) is 4.79 Å². The van der Waals surface area contributed by atoms with Crippen molar-refractivity contribution in [1.82, 2.24) is 15.2 Å². The van der Waals surface area contributed by atoms with Crippen molar-refractivity contribution in [2.24, 2.45) is 0 Å². The maximum Gasteiger partial charge on any atom is 0.273 e. The van der Waals surface area contributed by atoms with Crippen molar-refractivity contribution in [3.63, 3.8) is 0 Å². The molecule has 5 nitrogen and oxygen atoms in total. The highest BCUT2D eigenvalue weighted by Gasteiger charge is 2.22. The van der Waals surface area contributed by atoms with Gasteiger partial charge < -0.3 is 4.74 Å². The van der Waals surface area contributed by atoms with Crippen LogP contribution in [0.3, 0.4) is 0 Å². The predicted octanol–water partition coefficient (Wildman–Crippen LogP) is -0.0358. The summed E-state index contributed by atoms with van der Waals surface area (Å²) in [6, 6.07) is 0. The zero-order valence-electron chi connectivity index (χ0n) is 7.11. The van der Waals surface area contributed by atoms with Gasteiger partial charge in [0.25, 0.3) is 5.56 Å². The van der Waals surface area contributed by atoms with Crippen LogP contribution in [-0.4, -0.2) is 33.6 Å². The van der Waals surface area contributed by atoms with E-state index in [4.69, 9.17) is 4.74 Å². The first-order valence-electron chi connectivity index (χ1n) is 3.94. The van der Waals surface area contributed by atoms with Gasteiger partial charge in [-0.1, -0.05) is 11.8 Å². The second-order valence-corrected chi connectivity index (χ2v) is 3.82. The molecule has 13 heavy (non-hydrogen) atoms. The van der Waals surface area contributed by atoms with E-state index in [1.165, 1.54) is 11.8 Å². The van der Waals surface area contributed by atoms with Crippen molar-refractivity contribution >= 4 is 11.8 Å². The molecule has 1 aromatic heterocycles. The molecule has 2 rings (SSSR count). The largest absolute Gasteiger partial charge is 0.372 e. The van der Waals surface area contributed by atoms with Crippen LogP contribution in [0.1, 0.15) is 5.69 Å². The van der Waals surface area contributed by atoms with Crippen LogP contribution in [0.5, 0.6) is 0 Å². The molecule has 0 saturated carbocycles. The molecule has 0 aliphatic carbocycles. The summed E-state index contributed by atoms with van der Waals surface area (Å²) in [5.41, 5.74) is 0.223. The Hall–Kier alpha value is -0.880. The van der Waals surface area contributed by atoms with Crippen LogP contribution in [0, 0.1) is 6.92 Å².